The van der Waals surface area contributed by atoms with Crippen LogP contribution in [0.4, 0.5) is 5.95 Å². The molecule has 0 N–H and O–H groups in total. The van der Waals surface area contributed by atoms with Crippen molar-refractivity contribution in [1.82, 2.24) is 24.6 Å². The molecule has 0 spiro atoms. The standard InChI is InChI=1S/C20H24N6OS2/c1-24(12-17-21-15-6-2-3-7-16(15)29-17)18(27)13-28-20-23-22-19(25-10-4-5-11-25)26(20)14-8-9-14/h2-3,6-7,14H,4-5,8-13H2,1H3. The van der Waals surface area contributed by atoms with Crippen LogP contribution in [0.2, 0.25) is 0 Å². The van der Waals surface area contributed by atoms with Gasteiger partial charge in [-0.15, -0.1) is 21.5 Å². The normalized spacial score (nSPS) is 16.7. The van der Waals surface area contributed by atoms with E-state index in [1.165, 1.54) is 37.4 Å². The van der Waals surface area contributed by atoms with E-state index in [-0.39, 0.29) is 5.91 Å². The van der Waals surface area contributed by atoms with Crippen LogP contribution in [-0.4, -0.2) is 56.4 Å². The molecule has 2 fully saturated rings. The van der Waals surface area contributed by atoms with Crippen LogP contribution in [0.5, 0.6) is 0 Å². The van der Waals surface area contributed by atoms with Gasteiger partial charge in [0.2, 0.25) is 11.9 Å². The molecule has 5 rings (SSSR count). The molecule has 0 unspecified atom stereocenters. The van der Waals surface area contributed by atoms with Gasteiger partial charge in [-0.05, 0) is 37.8 Å². The summed E-state index contributed by atoms with van der Waals surface area (Å²) in [6.07, 6.45) is 4.79. The molecular formula is C20H24N6OS2. The van der Waals surface area contributed by atoms with E-state index in [1.54, 1.807) is 16.2 Å². The molecule has 1 aliphatic heterocycles. The van der Waals surface area contributed by atoms with E-state index in [2.05, 4.69) is 30.7 Å². The van der Waals surface area contributed by atoms with Crippen LogP contribution in [0, 0.1) is 0 Å². The van der Waals surface area contributed by atoms with Crippen LogP contribution in [0.15, 0.2) is 29.4 Å². The highest BCUT2D eigenvalue weighted by Crippen LogP contribution is 2.41. The second-order valence-electron chi connectivity index (χ2n) is 7.69. The zero-order valence-electron chi connectivity index (χ0n) is 16.5. The lowest BCUT2D eigenvalue weighted by Crippen LogP contribution is -2.28. The number of benzene rings is 1. The maximum absolute atomic E-state index is 12.7. The second-order valence-corrected chi connectivity index (χ2v) is 9.75. The van der Waals surface area contributed by atoms with Crippen LogP contribution in [0.1, 0.15) is 36.7 Å². The Hall–Kier alpha value is -2.13. The summed E-state index contributed by atoms with van der Waals surface area (Å²) in [5, 5.41) is 10.7. The highest BCUT2D eigenvalue weighted by Gasteiger charge is 2.32. The van der Waals surface area contributed by atoms with E-state index in [0.717, 1.165) is 39.4 Å². The molecule has 7 nitrogen and oxygen atoms in total. The molecule has 29 heavy (non-hydrogen) atoms. The fourth-order valence-electron chi connectivity index (χ4n) is 3.67. The molecule has 9 heteroatoms. The molecule has 1 saturated heterocycles. The van der Waals surface area contributed by atoms with Crippen molar-refractivity contribution in [2.45, 2.75) is 43.4 Å². The number of amides is 1. The minimum atomic E-state index is 0.0855. The van der Waals surface area contributed by atoms with E-state index in [4.69, 9.17) is 0 Å². The number of para-hydroxylation sites is 1. The Labute approximate surface area is 178 Å². The number of hydrogen-bond donors (Lipinski definition) is 0. The minimum Gasteiger partial charge on any atom is -0.341 e. The number of anilines is 1. The van der Waals surface area contributed by atoms with Crippen molar-refractivity contribution in [3.05, 3.63) is 29.3 Å². The lowest BCUT2D eigenvalue weighted by atomic mass is 10.3. The highest BCUT2D eigenvalue weighted by molar-refractivity contribution is 7.99. The number of aromatic nitrogens is 4. The van der Waals surface area contributed by atoms with Gasteiger partial charge in [-0.2, -0.15) is 0 Å². The summed E-state index contributed by atoms with van der Waals surface area (Å²) in [5.41, 5.74) is 0.995. The smallest absolute Gasteiger partial charge is 0.233 e. The molecule has 1 saturated carbocycles. The molecule has 3 heterocycles. The molecular weight excluding hydrogens is 404 g/mol. The average Bonchev–Trinajstić information content (AvgIpc) is 3.12. The summed E-state index contributed by atoms with van der Waals surface area (Å²) < 4.78 is 3.42. The van der Waals surface area contributed by atoms with Gasteiger partial charge in [-0.3, -0.25) is 9.36 Å². The van der Waals surface area contributed by atoms with Gasteiger partial charge in [0.25, 0.3) is 0 Å². The van der Waals surface area contributed by atoms with Crippen molar-refractivity contribution in [2.24, 2.45) is 0 Å². The zero-order chi connectivity index (χ0) is 19.8. The molecule has 1 aromatic carbocycles. The molecule has 0 radical (unpaired) electrons. The van der Waals surface area contributed by atoms with Gasteiger partial charge in [0.05, 0.1) is 22.5 Å². The fourth-order valence-corrected chi connectivity index (χ4v) is 5.63. The lowest BCUT2D eigenvalue weighted by Gasteiger charge is -2.18. The molecule has 2 aliphatic rings. The number of thiazole rings is 1. The van der Waals surface area contributed by atoms with Crippen molar-refractivity contribution >= 4 is 45.2 Å². The number of hydrogen-bond acceptors (Lipinski definition) is 7. The molecule has 3 aromatic rings. The monoisotopic (exact) mass is 428 g/mol. The third-order valence-corrected chi connectivity index (χ3v) is 7.36. The number of thioether (sulfide) groups is 1. The predicted octanol–water partition coefficient (Wildman–Crippen LogP) is 3.57. The zero-order valence-corrected chi connectivity index (χ0v) is 18.1. The molecule has 152 valence electrons. The summed E-state index contributed by atoms with van der Waals surface area (Å²) in [5.74, 6) is 1.44. The fraction of sp³-hybridized carbons (Fsp3) is 0.500. The van der Waals surface area contributed by atoms with Gasteiger partial charge < -0.3 is 9.80 Å². The van der Waals surface area contributed by atoms with Crippen LogP contribution in [-0.2, 0) is 11.3 Å². The van der Waals surface area contributed by atoms with Crippen LogP contribution in [0.25, 0.3) is 10.2 Å². The largest absolute Gasteiger partial charge is 0.341 e. The van der Waals surface area contributed by atoms with Gasteiger partial charge in [-0.1, -0.05) is 23.9 Å². The summed E-state index contributed by atoms with van der Waals surface area (Å²) in [6.45, 7) is 2.64. The van der Waals surface area contributed by atoms with Gasteiger partial charge in [0.15, 0.2) is 5.16 Å². The minimum absolute atomic E-state index is 0.0855. The first kappa shape index (κ1) is 18.9. The first-order valence-corrected chi connectivity index (χ1v) is 11.9. The molecule has 1 amide bonds. The Morgan fingerprint density at radius 1 is 1.24 bits per heavy atom. The van der Waals surface area contributed by atoms with Crippen LogP contribution >= 0.6 is 23.1 Å². The van der Waals surface area contributed by atoms with Gasteiger partial charge in [0.1, 0.15) is 5.01 Å². The van der Waals surface area contributed by atoms with Gasteiger partial charge in [-0.25, -0.2) is 4.98 Å². The van der Waals surface area contributed by atoms with Crippen molar-refractivity contribution < 1.29 is 4.79 Å². The SMILES string of the molecule is CN(Cc1nc2ccccc2s1)C(=O)CSc1nnc(N2CCCC2)n1C1CC1. The lowest BCUT2D eigenvalue weighted by molar-refractivity contribution is -0.127. The van der Waals surface area contributed by atoms with E-state index >= 15 is 0 Å². The third-order valence-electron chi connectivity index (χ3n) is 5.41. The number of carbonyl (C=O) groups excluding carboxylic acids is 1. The number of fused-ring (bicyclic) bond motifs is 1. The predicted molar refractivity (Wildman–Crippen MR) is 117 cm³/mol. The Morgan fingerprint density at radius 2 is 2.03 bits per heavy atom. The first-order chi connectivity index (χ1) is 14.2. The molecule has 2 aromatic heterocycles. The van der Waals surface area contributed by atoms with E-state index < -0.39 is 0 Å². The Morgan fingerprint density at radius 3 is 2.79 bits per heavy atom. The average molecular weight is 429 g/mol. The Balaban J connectivity index is 1.23. The van der Waals surface area contributed by atoms with Gasteiger partial charge in [0, 0.05) is 26.2 Å². The summed E-state index contributed by atoms with van der Waals surface area (Å²) in [6, 6.07) is 8.58. The number of rotatable bonds is 7. The first-order valence-electron chi connectivity index (χ1n) is 10.1. The second kappa shape index (κ2) is 7.95. The van der Waals surface area contributed by atoms with Crippen LogP contribution < -0.4 is 4.90 Å². The third kappa shape index (κ3) is 3.98. The molecule has 1 aliphatic carbocycles. The topological polar surface area (TPSA) is 67.2 Å². The van der Waals surface area contributed by atoms with E-state index in [1.807, 2.05) is 25.2 Å². The highest BCUT2D eigenvalue weighted by atomic mass is 32.2. The van der Waals surface area contributed by atoms with Crippen molar-refractivity contribution in [2.75, 3.05) is 30.8 Å². The number of carbonyl (C=O) groups is 1. The van der Waals surface area contributed by atoms with Crippen molar-refractivity contribution in [1.29, 1.82) is 0 Å². The summed E-state index contributed by atoms with van der Waals surface area (Å²) in [4.78, 5) is 21.4. The molecule has 0 bridgehead atoms. The van der Waals surface area contributed by atoms with Crippen molar-refractivity contribution in [3.63, 3.8) is 0 Å². The quantitative estimate of drug-likeness (QED) is 0.536. The Kier molecular flexibility index (Phi) is 5.17. The Bertz CT molecular complexity index is 988. The maximum atomic E-state index is 12.7. The summed E-state index contributed by atoms with van der Waals surface area (Å²) >= 11 is 3.15. The molecule has 0 atom stereocenters. The maximum Gasteiger partial charge on any atom is 0.233 e. The van der Waals surface area contributed by atoms with Crippen molar-refractivity contribution in [3.8, 4) is 0 Å². The number of nitrogens with zero attached hydrogens (tertiary/aromatic N) is 6. The van der Waals surface area contributed by atoms with Gasteiger partial charge >= 0.3 is 0 Å². The van der Waals surface area contributed by atoms with E-state index in [0.29, 0.717) is 18.3 Å². The van der Waals surface area contributed by atoms with Crippen LogP contribution in [0.3, 0.4) is 0 Å². The summed E-state index contributed by atoms with van der Waals surface area (Å²) in [7, 11) is 1.84. The van der Waals surface area contributed by atoms with E-state index in [9.17, 15) is 4.79 Å².